The van der Waals surface area contributed by atoms with Crippen LogP contribution in [0.5, 0.6) is 17.2 Å². The number of nitrogens with zero attached hydrogens (tertiary/aromatic N) is 3. The standard InChI is InChI=1S/C29H33Cl3N6O4S/c1-6-34-23-17(29(39)36-24-20(30)25(41-4)22(32)26(42-5)21(24)31)15-43-27(23)28(33)35-18-9-8-16(14-19(18)40-3)38-12-10-37(7-2)11-13-38/h6,8-9,14-15,35H,1,7,10-13,33H2,2-5H3,(H,36,39)/b28-27-,34-23-. The number of methoxy groups -OCH3 is 3. The summed E-state index contributed by atoms with van der Waals surface area (Å²) in [7, 11) is 4.39. The molecular weight excluding hydrogens is 635 g/mol. The summed E-state index contributed by atoms with van der Waals surface area (Å²) in [4.78, 5) is 23.1. The van der Waals surface area contributed by atoms with E-state index in [0.29, 0.717) is 22.1 Å². The zero-order valence-corrected chi connectivity index (χ0v) is 27.3. The topological polar surface area (TPSA) is 114 Å². The van der Waals surface area contributed by atoms with E-state index >= 15 is 0 Å². The first-order chi connectivity index (χ1) is 20.7. The fourth-order valence-electron chi connectivity index (χ4n) is 4.70. The Labute approximate surface area is 270 Å². The van der Waals surface area contributed by atoms with Gasteiger partial charge in [0, 0.05) is 44.1 Å². The Hall–Kier alpha value is -3.22. The van der Waals surface area contributed by atoms with Gasteiger partial charge in [0.05, 0.1) is 48.9 Å². The molecule has 10 nitrogen and oxygen atoms in total. The zero-order chi connectivity index (χ0) is 31.3. The first-order valence-corrected chi connectivity index (χ1v) is 15.3. The molecular formula is C29H33Cl3N6O4S. The van der Waals surface area contributed by atoms with Crippen molar-refractivity contribution in [1.82, 2.24) is 4.90 Å². The molecule has 43 heavy (non-hydrogen) atoms. The van der Waals surface area contributed by atoms with E-state index in [2.05, 4.69) is 38.9 Å². The number of likely N-dealkylation sites (N-methyl/N-ethyl adjacent to an activating group) is 1. The predicted octanol–water partition coefficient (Wildman–Crippen LogP) is 6.21. The molecule has 0 atom stereocenters. The number of halogens is 3. The molecule has 0 unspecified atom stereocenters. The van der Waals surface area contributed by atoms with Gasteiger partial charge >= 0.3 is 0 Å². The molecule has 14 heteroatoms. The number of piperazine rings is 1. The van der Waals surface area contributed by atoms with Crippen molar-refractivity contribution in [2.75, 3.05) is 69.6 Å². The summed E-state index contributed by atoms with van der Waals surface area (Å²) in [6.07, 6.45) is 1.33. The molecule has 2 aromatic carbocycles. The SMILES string of the molecule is C=C/N=C1/C(C(=O)Nc2c(Cl)c(OC)c(Cl)c(OC)c2Cl)=CS/C1=C(/N)Nc1ccc(N2CCN(CC)CC2)cc1OC. The number of carbonyl (C=O) groups excluding carboxylic acids is 1. The van der Waals surface area contributed by atoms with Crippen LogP contribution in [0.15, 0.2) is 57.7 Å². The Bertz CT molecular complexity index is 1470. The van der Waals surface area contributed by atoms with Gasteiger partial charge in [-0.25, -0.2) is 0 Å². The van der Waals surface area contributed by atoms with Gasteiger partial charge in [-0.2, -0.15) is 0 Å². The number of hydrogen-bond acceptors (Lipinski definition) is 10. The van der Waals surface area contributed by atoms with Crippen LogP contribution in [0.2, 0.25) is 15.1 Å². The summed E-state index contributed by atoms with van der Waals surface area (Å²) < 4.78 is 16.3. The maximum Gasteiger partial charge on any atom is 0.258 e. The first-order valence-electron chi connectivity index (χ1n) is 13.3. The van der Waals surface area contributed by atoms with Crippen molar-refractivity contribution < 1.29 is 19.0 Å². The molecule has 0 aromatic heterocycles. The van der Waals surface area contributed by atoms with Crippen LogP contribution in [0, 0.1) is 0 Å². The lowest BCUT2D eigenvalue weighted by Gasteiger charge is -2.35. The van der Waals surface area contributed by atoms with E-state index in [4.69, 9.17) is 54.7 Å². The van der Waals surface area contributed by atoms with Crippen LogP contribution in [-0.4, -0.2) is 70.6 Å². The number of nitrogens with two attached hydrogens (primary N) is 1. The van der Waals surface area contributed by atoms with E-state index in [0.717, 1.165) is 38.4 Å². The number of aliphatic imine (C=N–C) groups is 1. The van der Waals surface area contributed by atoms with Crippen LogP contribution >= 0.6 is 46.6 Å². The normalized spacial score (nSPS) is 17.4. The number of anilines is 3. The van der Waals surface area contributed by atoms with Crippen LogP contribution < -0.4 is 35.5 Å². The van der Waals surface area contributed by atoms with Crippen molar-refractivity contribution in [1.29, 1.82) is 0 Å². The second-order valence-electron chi connectivity index (χ2n) is 9.32. The third-order valence-corrected chi connectivity index (χ3v) is 9.06. The molecule has 4 rings (SSSR count). The Balaban J connectivity index is 1.57. The average molecular weight is 668 g/mol. The van der Waals surface area contributed by atoms with Gasteiger partial charge in [0.1, 0.15) is 26.6 Å². The molecule has 0 spiro atoms. The fraction of sp³-hybridized carbons (Fsp3) is 0.310. The molecule has 230 valence electrons. The second kappa shape index (κ2) is 14.5. The predicted molar refractivity (Wildman–Crippen MR) is 179 cm³/mol. The van der Waals surface area contributed by atoms with Gasteiger partial charge in [-0.1, -0.05) is 60.1 Å². The van der Waals surface area contributed by atoms with Gasteiger partial charge in [-0.3, -0.25) is 9.79 Å². The molecule has 0 radical (unpaired) electrons. The maximum atomic E-state index is 13.5. The monoisotopic (exact) mass is 666 g/mol. The number of hydrogen-bond donors (Lipinski definition) is 3. The molecule has 1 saturated heterocycles. The van der Waals surface area contributed by atoms with Gasteiger partial charge in [-0.15, -0.1) is 0 Å². The van der Waals surface area contributed by atoms with Gasteiger partial charge in [-0.05, 0) is 24.1 Å². The minimum Gasteiger partial charge on any atom is -0.494 e. The Morgan fingerprint density at radius 2 is 1.70 bits per heavy atom. The number of rotatable bonds is 10. The van der Waals surface area contributed by atoms with Crippen LogP contribution in [0.3, 0.4) is 0 Å². The summed E-state index contributed by atoms with van der Waals surface area (Å²) in [6, 6.07) is 5.94. The van der Waals surface area contributed by atoms with Gasteiger partial charge in [0.2, 0.25) is 0 Å². The first kappa shape index (κ1) is 32.7. The molecule has 1 fully saturated rings. The highest BCUT2D eigenvalue weighted by atomic mass is 35.5. The van der Waals surface area contributed by atoms with Gasteiger partial charge in [0.25, 0.3) is 5.91 Å². The van der Waals surface area contributed by atoms with Crippen molar-refractivity contribution in [2.24, 2.45) is 10.7 Å². The molecule has 2 aliphatic rings. The quantitative estimate of drug-likeness (QED) is 0.272. The summed E-state index contributed by atoms with van der Waals surface area (Å²) >= 11 is 20.5. The molecule has 2 aliphatic heterocycles. The smallest absolute Gasteiger partial charge is 0.258 e. The number of carbonyl (C=O) groups is 1. The largest absolute Gasteiger partial charge is 0.494 e. The molecule has 2 aromatic rings. The lowest BCUT2D eigenvalue weighted by Crippen LogP contribution is -2.46. The van der Waals surface area contributed by atoms with E-state index in [-0.39, 0.29) is 43.6 Å². The Kier molecular flexibility index (Phi) is 11.0. The minimum atomic E-state index is -0.545. The number of allylic oxidation sites excluding steroid dienone is 1. The number of benzene rings is 2. The lowest BCUT2D eigenvalue weighted by molar-refractivity contribution is -0.112. The van der Waals surface area contributed by atoms with Crippen LogP contribution in [-0.2, 0) is 4.79 Å². The van der Waals surface area contributed by atoms with Crippen molar-refractivity contribution in [3.63, 3.8) is 0 Å². The highest BCUT2D eigenvalue weighted by Gasteiger charge is 2.31. The highest BCUT2D eigenvalue weighted by molar-refractivity contribution is 8.07. The zero-order valence-electron chi connectivity index (χ0n) is 24.2. The van der Waals surface area contributed by atoms with Crippen LogP contribution in [0.1, 0.15) is 6.92 Å². The molecule has 0 aliphatic carbocycles. The maximum absolute atomic E-state index is 13.5. The summed E-state index contributed by atoms with van der Waals surface area (Å²) in [6.45, 7) is 10.8. The third-order valence-electron chi connectivity index (χ3n) is 7.00. The molecule has 4 N–H and O–H groups in total. The molecule has 0 bridgehead atoms. The van der Waals surface area contributed by atoms with Gasteiger partial charge < -0.3 is 40.4 Å². The Morgan fingerprint density at radius 1 is 1.05 bits per heavy atom. The molecule has 0 saturated carbocycles. The second-order valence-corrected chi connectivity index (χ2v) is 11.3. The third kappa shape index (κ3) is 6.81. The summed E-state index contributed by atoms with van der Waals surface area (Å²) in [5.74, 6) is 0.568. The van der Waals surface area contributed by atoms with Crippen molar-refractivity contribution in [3.05, 3.63) is 67.8 Å². The summed E-state index contributed by atoms with van der Waals surface area (Å²) in [5, 5.41) is 7.68. The highest BCUT2D eigenvalue weighted by Crippen LogP contribution is 2.50. The molecule has 2 heterocycles. The van der Waals surface area contributed by atoms with Crippen molar-refractivity contribution in [3.8, 4) is 17.2 Å². The molecule has 1 amide bonds. The average Bonchev–Trinajstić information content (AvgIpc) is 3.44. The van der Waals surface area contributed by atoms with Crippen LogP contribution in [0.25, 0.3) is 0 Å². The van der Waals surface area contributed by atoms with Crippen molar-refractivity contribution >= 4 is 75.2 Å². The Morgan fingerprint density at radius 3 is 2.26 bits per heavy atom. The number of thioether (sulfide) groups is 1. The van der Waals surface area contributed by atoms with E-state index in [1.165, 1.54) is 32.2 Å². The summed E-state index contributed by atoms with van der Waals surface area (Å²) in [5.41, 5.74) is 8.87. The number of nitrogens with one attached hydrogen (secondary N) is 2. The van der Waals surface area contributed by atoms with Crippen molar-refractivity contribution in [2.45, 2.75) is 6.92 Å². The van der Waals surface area contributed by atoms with E-state index in [1.807, 2.05) is 18.2 Å². The van der Waals surface area contributed by atoms with Crippen LogP contribution in [0.4, 0.5) is 17.1 Å². The number of ether oxygens (including phenoxy) is 3. The van der Waals surface area contributed by atoms with Gasteiger partial charge in [0.15, 0.2) is 11.5 Å². The van der Waals surface area contributed by atoms with E-state index in [1.54, 1.807) is 12.5 Å². The lowest BCUT2D eigenvalue weighted by atomic mass is 10.1. The fourth-order valence-corrected chi connectivity index (χ4v) is 6.72. The number of amides is 1. The van der Waals surface area contributed by atoms with E-state index in [9.17, 15) is 4.79 Å². The minimum absolute atomic E-state index is 0.0137. The van der Waals surface area contributed by atoms with E-state index < -0.39 is 5.91 Å².